The third-order valence-corrected chi connectivity index (χ3v) is 4.60. The van der Waals surface area contributed by atoms with Gasteiger partial charge in [0.05, 0.1) is 6.33 Å². The van der Waals surface area contributed by atoms with Gasteiger partial charge in [0.25, 0.3) is 0 Å². The molecule has 0 unspecified atom stereocenters. The third kappa shape index (κ3) is 4.93. The van der Waals surface area contributed by atoms with E-state index in [9.17, 15) is 4.79 Å². The lowest BCUT2D eigenvalue weighted by Crippen LogP contribution is -2.37. The van der Waals surface area contributed by atoms with E-state index in [4.69, 9.17) is 0 Å². The van der Waals surface area contributed by atoms with Crippen LogP contribution < -0.4 is 0 Å². The van der Waals surface area contributed by atoms with Crippen LogP contribution in [0.1, 0.15) is 18.4 Å². The number of amides is 1. The van der Waals surface area contributed by atoms with Crippen LogP contribution in [0.2, 0.25) is 0 Å². The molecule has 1 aromatic carbocycles. The van der Waals surface area contributed by atoms with Crippen molar-refractivity contribution in [3.05, 3.63) is 54.6 Å². The SMILES string of the molecule is O=C(Cn1ccnc1)N1CCCN(CCCc2ccccc2)CC1. The molecule has 0 radical (unpaired) electrons. The summed E-state index contributed by atoms with van der Waals surface area (Å²) < 4.78 is 1.84. The summed E-state index contributed by atoms with van der Waals surface area (Å²) in [6, 6.07) is 10.7. The van der Waals surface area contributed by atoms with Crippen molar-refractivity contribution in [3.8, 4) is 0 Å². The Balaban J connectivity index is 1.40. The summed E-state index contributed by atoms with van der Waals surface area (Å²) in [5, 5.41) is 0. The van der Waals surface area contributed by atoms with E-state index in [1.54, 1.807) is 12.5 Å². The zero-order valence-corrected chi connectivity index (χ0v) is 14.2. The van der Waals surface area contributed by atoms with E-state index in [2.05, 4.69) is 40.2 Å². The van der Waals surface area contributed by atoms with Gasteiger partial charge in [-0.3, -0.25) is 4.79 Å². The molecule has 1 saturated heterocycles. The number of carbonyl (C=O) groups excluding carboxylic acids is 1. The van der Waals surface area contributed by atoms with Crippen molar-refractivity contribution in [2.24, 2.45) is 0 Å². The average molecular weight is 326 g/mol. The Bertz CT molecular complexity index is 612. The van der Waals surface area contributed by atoms with Gasteiger partial charge in [0, 0.05) is 32.0 Å². The summed E-state index contributed by atoms with van der Waals surface area (Å²) in [6.45, 7) is 5.27. The third-order valence-electron chi connectivity index (χ3n) is 4.60. The minimum Gasteiger partial charge on any atom is -0.340 e. The van der Waals surface area contributed by atoms with Crippen molar-refractivity contribution >= 4 is 5.91 Å². The van der Waals surface area contributed by atoms with Crippen LogP contribution >= 0.6 is 0 Å². The second-order valence-corrected chi connectivity index (χ2v) is 6.40. The molecule has 0 N–H and O–H groups in total. The lowest BCUT2D eigenvalue weighted by Gasteiger charge is -2.22. The standard InChI is InChI=1S/C19H26N4O/c24-19(16-22-13-9-20-17-22)23-12-5-11-21(14-15-23)10-4-8-18-6-2-1-3-7-18/h1-3,6-7,9,13,17H,4-5,8,10-12,14-16H2. The van der Waals surface area contributed by atoms with Gasteiger partial charge >= 0.3 is 0 Å². The normalized spacial score (nSPS) is 16.1. The van der Waals surface area contributed by atoms with Crippen LogP contribution in [-0.4, -0.2) is 58.0 Å². The summed E-state index contributed by atoms with van der Waals surface area (Å²) in [5.74, 6) is 0.194. The molecule has 0 atom stereocenters. The van der Waals surface area contributed by atoms with Crippen molar-refractivity contribution in [2.45, 2.75) is 25.8 Å². The Hall–Kier alpha value is -2.14. The van der Waals surface area contributed by atoms with Gasteiger partial charge in [-0.2, -0.15) is 0 Å². The highest BCUT2D eigenvalue weighted by Crippen LogP contribution is 2.08. The Morgan fingerprint density at radius 3 is 2.75 bits per heavy atom. The molecular weight excluding hydrogens is 300 g/mol. The highest BCUT2D eigenvalue weighted by Gasteiger charge is 2.18. The molecule has 5 nitrogen and oxygen atoms in total. The average Bonchev–Trinajstić information content (AvgIpc) is 2.99. The predicted octanol–water partition coefficient (Wildman–Crippen LogP) is 2.05. The first-order valence-electron chi connectivity index (χ1n) is 8.81. The van der Waals surface area contributed by atoms with Gasteiger partial charge < -0.3 is 14.4 Å². The second kappa shape index (κ2) is 8.64. The zero-order chi connectivity index (χ0) is 16.6. The fourth-order valence-corrected chi connectivity index (χ4v) is 3.23. The van der Waals surface area contributed by atoms with Gasteiger partial charge in [0.15, 0.2) is 0 Å². The van der Waals surface area contributed by atoms with E-state index in [-0.39, 0.29) is 5.91 Å². The van der Waals surface area contributed by atoms with E-state index >= 15 is 0 Å². The number of carbonyl (C=O) groups is 1. The minimum absolute atomic E-state index is 0.194. The van der Waals surface area contributed by atoms with Crippen molar-refractivity contribution in [1.82, 2.24) is 19.4 Å². The first-order valence-corrected chi connectivity index (χ1v) is 8.81. The molecular formula is C19H26N4O. The van der Waals surface area contributed by atoms with Crippen molar-refractivity contribution in [2.75, 3.05) is 32.7 Å². The smallest absolute Gasteiger partial charge is 0.242 e. The molecule has 3 rings (SSSR count). The summed E-state index contributed by atoms with van der Waals surface area (Å²) in [4.78, 5) is 20.9. The zero-order valence-electron chi connectivity index (χ0n) is 14.2. The number of hydrogen-bond donors (Lipinski definition) is 0. The molecule has 1 aliphatic rings. The molecule has 0 bridgehead atoms. The van der Waals surface area contributed by atoms with Crippen LogP contribution in [0.3, 0.4) is 0 Å². The Kier molecular flexibility index (Phi) is 6.01. The minimum atomic E-state index is 0.194. The Morgan fingerprint density at radius 1 is 1.08 bits per heavy atom. The first-order chi connectivity index (χ1) is 11.8. The first kappa shape index (κ1) is 16.7. The van der Waals surface area contributed by atoms with Gasteiger partial charge in [-0.15, -0.1) is 0 Å². The predicted molar refractivity (Wildman–Crippen MR) is 94.6 cm³/mol. The number of benzene rings is 1. The van der Waals surface area contributed by atoms with Gasteiger partial charge in [-0.25, -0.2) is 4.98 Å². The number of rotatable bonds is 6. The maximum atomic E-state index is 12.4. The molecule has 0 aliphatic carbocycles. The van der Waals surface area contributed by atoms with E-state index in [0.29, 0.717) is 6.54 Å². The number of aromatic nitrogens is 2. The van der Waals surface area contributed by atoms with Crippen LogP contribution in [0.25, 0.3) is 0 Å². The molecule has 0 saturated carbocycles. The van der Waals surface area contributed by atoms with Gasteiger partial charge in [-0.05, 0) is 37.9 Å². The summed E-state index contributed by atoms with van der Waals surface area (Å²) in [5.41, 5.74) is 1.41. The fourth-order valence-electron chi connectivity index (χ4n) is 3.23. The highest BCUT2D eigenvalue weighted by atomic mass is 16.2. The van der Waals surface area contributed by atoms with Crippen LogP contribution in [0.5, 0.6) is 0 Å². The van der Waals surface area contributed by atoms with Crippen molar-refractivity contribution in [1.29, 1.82) is 0 Å². The molecule has 24 heavy (non-hydrogen) atoms. The molecule has 1 fully saturated rings. The monoisotopic (exact) mass is 326 g/mol. The van der Waals surface area contributed by atoms with E-state index in [1.807, 2.05) is 15.7 Å². The maximum Gasteiger partial charge on any atom is 0.242 e. The molecule has 0 spiro atoms. The van der Waals surface area contributed by atoms with Crippen LogP contribution in [0.4, 0.5) is 0 Å². The van der Waals surface area contributed by atoms with Crippen LogP contribution in [-0.2, 0) is 17.8 Å². The molecule has 2 heterocycles. The molecule has 1 amide bonds. The summed E-state index contributed by atoms with van der Waals surface area (Å²) in [6.07, 6.45) is 8.61. The Morgan fingerprint density at radius 2 is 1.96 bits per heavy atom. The molecule has 1 aromatic heterocycles. The molecule has 5 heteroatoms. The van der Waals surface area contributed by atoms with Crippen LogP contribution in [0, 0.1) is 0 Å². The van der Waals surface area contributed by atoms with E-state index in [1.165, 1.54) is 12.0 Å². The van der Waals surface area contributed by atoms with E-state index < -0.39 is 0 Å². The van der Waals surface area contributed by atoms with Crippen LogP contribution in [0.15, 0.2) is 49.1 Å². The number of nitrogens with zero attached hydrogens (tertiary/aromatic N) is 4. The number of imidazole rings is 1. The quantitative estimate of drug-likeness (QED) is 0.816. The summed E-state index contributed by atoms with van der Waals surface area (Å²) >= 11 is 0. The molecule has 1 aliphatic heterocycles. The van der Waals surface area contributed by atoms with E-state index in [0.717, 1.165) is 45.6 Å². The second-order valence-electron chi connectivity index (χ2n) is 6.40. The van der Waals surface area contributed by atoms with Gasteiger partial charge in [-0.1, -0.05) is 30.3 Å². The van der Waals surface area contributed by atoms with Crippen molar-refractivity contribution < 1.29 is 4.79 Å². The number of aryl methyl sites for hydroxylation is 1. The largest absolute Gasteiger partial charge is 0.340 e. The molecule has 128 valence electrons. The maximum absolute atomic E-state index is 12.4. The van der Waals surface area contributed by atoms with Gasteiger partial charge in [0.2, 0.25) is 5.91 Å². The van der Waals surface area contributed by atoms with Crippen molar-refractivity contribution in [3.63, 3.8) is 0 Å². The van der Waals surface area contributed by atoms with Gasteiger partial charge in [0.1, 0.15) is 6.54 Å². The lowest BCUT2D eigenvalue weighted by molar-refractivity contribution is -0.131. The number of hydrogen-bond acceptors (Lipinski definition) is 3. The highest BCUT2D eigenvalue weighted by molar-refractivity contribution is 5.76. The Labute approximate surface area is 143 Å². The molecule has 2 aromatic rings. The summed E-state index contributed by atoms with van der Waals surface area (Å²) in [7, 11) is 0. The fraction of sp³-hybridized carbons (Fsp3) is 0.474. The lowest BCUT2D eigenvalue weighted by atomic mass is 10.1. The topological polar surface area (TPSA) is 41.4 Å².